The number of carbonyl (C=O) groups is 1. The third kappa shape index (κ3) is 1.92. The second-order valence-corrected chi connectivity index (χ2v) is 4.15. The minimum atomic E-state index is -0.986. The molecule has 0 radical (unpaired) electrons. The first-order chi connectivity index (χ1) is 7.18. The van der Waals surface area contributed by atoms with Crippen molar-refractivity contribution in [1.82, 2.24) is 5.16 Å². The summed E-state index contributed by atoms with van der Waals surface area (Å²) in [6.07, 6.45) is 0.511. The number of aryl methyl sites for hydroxylation is 1. The van der Waals surface area contributed by atoms with Crippen LogP contribution in [0.5, 0.6) is 0 Å². The standard InChI is InChI=1S/C10H9NO3S/c1-6-9(10(12)13)8(11-14-6)5-7-3-2-4-15-7/h2-4H,5H2,1H3,(H,12,13). The van der Waals surface area contributed by atoms with Crippen molar-refractivity contribution in [2.24, 2.45) is 0 Å². The van der Waals surface area contributed by atoms with Gasteiger partial charge in [-0.15, -0.1) is 11.3 Å². The molecule has 4 nitrogen and oxygen atoms in total. The van der Waals surface area contributed by atoms with Crippen molar-refractivity contribution in [3.63, 3.8) is 0 Å². The van der Waals surface area contributed by atoms with Crippen LogP contribution in [0.1, 0.15) is 26.7 Å². The minimum Gasteiger partial charge on any atom is -0.477 e. The first kappa shape index (κ1) is 9.92. The highest BCUT2D eigenvalue weighted by atomic mass is 32.1. The molecule has 0 aliphatic carbocycles. The number of rotatable bonds is 3. The number of hydrogen-bond donors (Lipinski definition) is 1. The van der Waals surface area contributed by atoms with E-state index >= 15 is 0 Å². The topological polar surface area (TPSA) is 63.3 Å². The molecule has 0 atom stereocenters. The summed E-state index contributed by atoms with van der Waals surface area (Å²) in [7, 11) is 0. The van der Waals surface area contributed by atoms with Crippen LogP contribution in [0.25, 0.3) is 0 Å². The minimum absolute atomic E-state index is 0.184. The summed E-state index contributed by atoms with van der Waals surface area (Å²) in [4.78, 5) is 12.0. The Kier molecular flexibility index (Phi) is 2.55. The van der Waals surface area contributed by atoms with Gasteiger partial charge in [0.15, 0.2) is 0 Å². The van der Waals surface area contributed by atoms with Gasteiger partial charge in [-0.05, 0) is 18.4 Å². The van der Waals surface area contributed by atoms with Gasteiger partial charge in [-0.25, -0.2) is 4.79 Å². The van der Waals surface area contributed by atoms with E-state index in [0.29, 0.717) is 17.9 Å². The normalized spacial score (nSPS) is 10.5. The van der Waals surface area contributed by atoms with Crippen LogP contribution >= 0.6 is 11.3 Å². The van der Waals surface area contributed by atoms with Gasteiger partial charge in [0.2, 0.25) is 0 Å². The molecule has 0 spiro atoms. The van der Waals surface area contributed by atoms with Crippen LogP contribution in [0.2, 0.25) is 0 Å². The van der Waals surface area contributed by atoms with Gasteiger partial charge in [-0.3, -0.25) is 0 Å². The van der Waals surface area contributed by atoms with Gasteiger partial charge in [0.1, 0.15) is 17.0 Å². The predicted molar refractivity (Wildman–Crippen MR) is 55.3 cm³/mol. The average molecular weight is 223 g/mol. The van der Waals surface area contributed by atoms with Crippen molar-refractivity contribution < 1.29 is 14.4 Å². The molecule has 0 saturated carbocycles. The van der Waals surface area contributed by atoms with Crippen molar-refractivity contribution in [2.75, 3.05) is 0 Å². The number of aromatic carboxylic acids is 1. The van der Waals surface area contributed by atoms with Crippen LogP contribution in [0, 0.1) is 6.92 Å². The van der Waals surface area contributed by atoms with Gasteiger partial charge >= 0.3 is 5.97 Å². The van der Waals surface area contributed by atoms with E-state index in [1.165, 1.54) is 0 Å². The Morgan fingerprint density at radius 2 is 2.47 bits per heavy atom. The molecule has 2 aromatic rings. The Morgan fingerprint density at radius 3 is 3.07 bits per heavy atom. The van der Waals surface area contributed by atoms with Gasteiger partial charge in [-0.2, -0.15) is 0 Å². The molecular formula is C10H9NO3S. The Bertz CT molecular complexity index is 473. The van der Waals surface area contributed by atoms with Crippen LogP contribution < -0.4 is 0 Å². The summed E-state index contributed by atoms with van der Waals surface area (Å²) in [6, 6.07) is 3.87. The monoisotopic (exact) mass is 223 g/mol. The molecule has 78 valence electrons. The molecule has 2 rings (SSSR count). The second-order valence-electron chi connectivity index (χ2n) is 3.12. The van der Waals surface area contributed by atoms with E-state index in [4.69, 9.17) is 9.63 Å². The Hall–Kier alpha value is -1.62. The fourth-order valence-corrected chi connectivity index (χ4v) is 2.10. The van der Waals surface area contributed by atoms with E-state index in [0.717, 1.165) is 4.88 Å². The van der Waals surface area contributed by atoms with Crippen LogP contribution in [-0.2, 0) is 6.42 Å². The fourth-order valence-electron chi connectivity index (χ4n) is 1.39. The molecule has 2 heterocycles. The number of aromatic nitrogens is 1. The molecule has 0 saturated heterocycles. The number of hydrogen-bond acceptors (Lipinski definition) is 4. The summed E-state index contributed by atoms with van der Waals surface area (Å²) in [5.74, 6) is -0.630. The quantitative estimate of drug-likeness (QED) is 0.867. The fraction of sp³-hybridized carbons (Fsp3) is 0.200. The van der Waals surface area contributed by atoms with Crippen LogP contribution in [0.3, 0.4) is 0 Å². The molecule has 5 heteroatoms. The summed E-state index contributed by atoms with van der Waals surface area (Å²) in [6.45, 7) is 1.61. The SMILES string of the molecule is Cc1onc(Cc2cccs2)c1C(=O)O. The lowest BCUT2D eigenvalue weighted by Crippen LogP contribution is -2.02. The van der Waals surface area contributed by atoms with Gasteiger partial charge < -0.3 is 9.63 Å². The van der Waals surface area contributed by atoms with Crippen LogP contribution in [0.15, 0.2) is 22.0 Å². The molecule has 2 aromatic heterocycles. The first-order valence-electron chi connectivity index (χ1n) is 4.39. The molecule has 1 N–H and O–H groups in total. The highest BCUT2D eigenvalue weighted by molar-refractivity contribution is 7.09. The molecular weight excluding hydrogens is 214 g/mol. The number of carboxylic acid groups (broad SMARTS) is 1. The Morgan fingerprint density at radius 1 is 1.67 bits per heavy atom. The predicted octanol–water partition coefficient (Wildman–Crippen LogP) is 2.33. The van der Waals surface area contributed by atoms with E-state index in [9.17, 15) is 4.79 Å². The highest BCUT2D eigenvalue weighted by Gasteiger charge is 2.19. The maximum absolute atomic E-state index is 10.9. The van der Waals surface area contributed by atoms with E-state index in [1.807, 2.05) is 17.5 Å². The lowest BCUT2D eigenvalue weighted by atomic mass is 10.1. The molecule has 15 heavy (non-hydrogen) atoms. The van der Waals surface area contributed by atoms with E-state index in [1.54, 1.807) is 18.3 Å². The van der Waals surface area contributed by atoms with Crippen molar-refractivity contribution in [2.45, 2.75) is 13.3 Å². The van der Waals surface area contributed by atoms with Crippen molar-refractivity contribution in [3.8, 4) is 0 Å². The maximum Gasteiger partial charge on any atom is 0.341 e. The molecule has 0 amide bonds. The Labute approximate surface area is 90.1 Å². The van der Waals surface area contributed by atoms with E-state index in [2.05, 4.69) is 5.16 Å². The summed E-state index contributed by atoms with van der Waals surface area (Å²) < 4.78 is 4.88. The van der Waals surface area contributed by atoms with Crippen molar-refractivity contribution in [3.05, 3.63) is 39.4 Å². The lowest BCUT2D eigenvalue weighted by Gasteiger charge is -1.94. The maximum atomic E-state index is 10.9. The highest BCUT2D eigenvalue weighted by Crippen LogP contribution is 2.19. The molecule has 0 unspecified atom stereocenters. The zero-order valence-electron chi connectivity index (χ0n) is 8.06. The zero-order chi connectivity index (χ0) is 10.8. The third-order valence-electron chi connectivity index (χ3n) is 2.07. The van der Waals surface area contributed by atoms with Gasteiger partial charge in [0.05, 0.1) is 0 Å². The number of nitrogens with zero attached hydrogens (tertiary/aromatic N) is 1. The third-order valence-corrected chi connectivity index (χ3v) is 2.95. The smallest absolute Gasteiger partial charge is 0.341 e. The molecule has 0 fully saturated rings. The molecule has 0 aliphatic rings. The van der Waals surface area contributed by atoms with Crippen LogP contribution in [-0.4, -0.2) is 16.2 Å². The van der Waals surface area contributed by atoms with Gasteiger partial charge in [0.25, 0.3) is 0 Å². The summed E-state index contributed by atoms with van der Waals surface area (Å²) in [5.41, 5.74) is 0.672. The summed E-state index contributed by atoms with van der Waals surface area (Å²) in [5, 5.41) is 14.7. The lowest BCUT2D eigenvalue weighted by molar-refractivity contribution is 0.0694. The Balaban J connectivity index is 2.33. The average Bonchev–Trinajstić information content (AvgIpc) is 2.76. The largest absolute Gasteiger partial charge is 0.477 e. The summed E-state index contributed by atoms with van der Waals surface area (Å²) >= 11 is 1.57. The van der Waals surface area contributed by atoms with Crippen molar-refractivity contribution >= 4 is 17.3 Å². The zero-order valence-corrected chi connectivity index (χ0v) is 8.87. The van der Waals surface area contributed by atoms with E-state index in [-0.39, 0.29) is 5.56 Å². The second kappa shape index (κ2) is 3.86. The van der Waals surface area contributed by atoms with Gasteiger partial charge in [-0.1, -0.05) is 11.2 Å². The first-order valence-corrected chi connectivity index (χ1v) is 5.27. The van der Waals surface area contributed by atoms with Gasteiger partial charge in [0, 0.05) is 11.3 Å². The number of carboxylic acids is 1. The van der Waals surface area contributed by atoms with Crippen molar-refractivity contribution in [1.29, 1.82) is 0 Å². The molecule has 0 aromatic carbocycles. The molecule has 0 aliphatic heterocycles. The van der Waals surface area contributed by atoms with E-state index < -0.39 is 5.97 Å². The number of thiophene rings is 1. The van der Waals surface area contributed by atoms with Crippen LogP contribution in [0.4, 0.5) is 0 Å². The molecule has 0 bridgehead atoms.